The van der Waals surface area contributed by atoms with Crippen molar-refractivity contribution >= 4 is 5.91 Å². The number of rotatable bonds is 2. The number of hydrogen-bond donors (Lipinski definition) is 0. The van der Waals surface area contributed by atoms with Crippen molar-refractivity contribution in [2.45, 2.75) is 40.0 Å². The summed E-state index contributed by atoms with van der Waals surface area (Å²) in [5.41, 5.74) is 0.384. The monoisotopic (exact) mass is 183 g/mol. The predicted molar refractivity (Wildman–Crippen MR) is 54.4 cm³/mol. The number of amides is 1. The van der Waals surface area contributed by atoms with Gasteiger partial charge in [0.05, 0.1) is 0 Å². The molecule has 1 rings (SSSR count). The minimum absolute atomic E-state index is 0.308. The Labute approximate surface area is 81.3 Å². The fourth-order valence-electron chi connectivity index (χ4n) is 1.94. The lowest BCUT2D eigenvalue weighted by molar-refractivity contribution is -0.134. The smallest absolute Gasteiger partial charge is 0.222 e. The summed E-state index contributed by atoms with van der Waals surface area (Å²) < 4.78 is 0. The van der Waals surface area contributed by atoms with Gasteiger partial charge in [0.1, 0.15) is 0 Å². The van der Waals surface area contributed by atoms with Crippen LogP contribution in [0.1, 0.15) is 40.0 Å². The van der Waals surface area contributed by atoms with Gasteiger partial charge < -0.3 is 4.90 Å². The molecule has 1 aliphatic heterocycles. The lowest BCUT2D eigenvalue weighted by Crippen LogP contribution is -2.42. The van der Waals surface area contributed by atoms with Crippen molar-refractivity contribution < 1.29 is 4.79 Å². The second-order valence-corrected chi connectivity index (χ2v) is 4.85. The average molecular weight is 183 g/mol. The summed E-state index contributed by atoms with van der Waals surface area (Å²) in [6, 6.07) is 0. The van der Waals surface area contributed by atoms with Crippen molar-refractivity contribution in [3.63, 3.8) is 0 Å². The molecule has 2 heteroatoms. The predicted octanol–water partition coefficient (Wildman–Crippen LogP) is 2.29. The highest BCUT2D eigenvalue weighted by atomic mass is 16.2. The van der Waals surface area contributed by atoms with E-state index in [1.807, 2.05) is 11.9 Å². The number of piperidine rings is 1. The van der Waals surface area contributed by atoms with E-state index in [0.717, 1.165) is 19.4 Å². The molecule has 0 aromatic heterocycles. The number of hydrogen-bond acceptors (Lipinski definition) is 1. The Balaban J connectivity index is 2.60. The molecule has 0 aliphatic carbocycles. The lowest BCUT2D eigenvalue weighted by atomic mass is 9.73. The zero-order valence-corrected chi connectivity index (χ0v) is 9.26. The molecule has 0 saturated carbocycles. The van der Waals surface area contributed by atoms with Crippen LogP contribution in [-0.2, 0) is 4.79 Å². The molecule has 0 aromatic carbocycles. The van der Waals surface area contributed by atoms with Gasteiger partial charge in [-0.1, -0.05) is 27.2 Å². The first kappa shape index (κ1) is 10.6. The highest BCUT2D eigenvalue weighted by Crippen LogP contribution is 2.36. The Morgan fingerprint density at radius 2 is 2.15 bits per heavy atom. The van der Waals surface area contributed by atoms with E-state index >= 15 is 0 Å². The van der Waals surface area contributed by atoms with Gasteiger partial charge >= 0.3 is 0 Å². The van der Waals surface area contributed by atoms with E-state index in [-0.39, 0.29) is 0 Å². The van der Waals surface area contributed by atoms with Gasteiger partial charge in [-0.3, -0.25) is 4.79 Å². The maximum Gasteiger partial charge on any atom is 0.222 e. The summed E-state index contributed by atoms with van der Waals surface area (Å²) in [7, 11) is 1.92. The first-order valence-corrected chi connectivity index (χ1v) is 5.21. The van der Waals surface area contributed by atoms with Crippen LogP contribution in [-0.4, -0.2) is 24.4 Å². The molecule has 0 radical (unpaired) electrons. The van der Waals surface area contributed by atoms with Crippen LogP contribution < -0.4 is 0 Å². The zero-order chi connectivity index (χ0) is 10.1. The van der Waals surface area contributed by atoms with Crippen LogP contribution in [0, 0.1) is 11.3 Å². The average Bonchev–Trinajstić information content (AvgIpc) is 2.09. The summed E-state index contributed by atoms with van der Waals surface area (Å²) >= 11 is 0. The molecule has 1 amide bonds. The van der Waals surface area contributed by atoms with Gasteiger partial charge in [0, 0.05) is 20.0 Å². The van der Waals surface area contributed by atoms with Crippen molar-refractivity contribution in [1.82, 2.24) is 4.90 Å². The lowest BCUT2D eigenvalue weighted by Gasteiger charge is -2.39. The molecule has 2 nitrogen and oxygen atoms in total. The molecular weight excluding hydrogens is 162 g/mol. The van der Waals surface area contributed by atoms with Crippen LogP contribution in [0.25, 0.3) is 0 Å². The van der Waals surface area contributed by atoms with Gasteiger partial charge in [0.15, 0.2) is 0 Å². The first-order valence-electron chi connectivity index (χ1n) is 5.21. The van der Waals surface area contributed by atoms with Crippen molar-refractivity contribution in [1.29, 1.82) is 0 Å². The van der Waals surface area contributed by atoms with Crippen LogP contribution >= 0.6 is 0 Å². The Hall–Kier alpha value is -0.530. The molecule has 13 heavy (non-hydrogen) atoms. The summed E-state index contributed by atoms with van der Waals surface area (Å²) in [4.78, 5) is 13.2. The van der Waals surface area contributed by atoms with E-state index in [4.69, 9.17) is 0 Å². The van der Waals surface area contributed by atoms with E-state index in [9.17, 15) is 4.79 Å². The van der Waals surface area contributed by atoms with Gasteiger partial charge in [-0.25, -0.2) is 0 Å². The maximum atomic E-state index is 11.3. The summed E-state index contributed by atoms with van der Waals surface area (Å²) in [6.45, 7) is 7.79. The zero-order valence-electron chi connectivity index (χ0n) is 9.26. The third-order valence-corrected chi connectivity index (χ3v) is 3.64. The molecule has 0 spiro atoms. The largest absolute Gasteiger partial charge is 0.345 e. The Morgan fingerprint density at radius 1 is 1.54 bits per heavy atom. The number of carbonyl (C=O) groups is 1. The third-order valence-electron chi connectivity index (χ3n) is 3.64. The van der Waals surface area contributed by atoms with Gasteiger partial charge in [-0.15, -0.1) is 0 Å². The fraction of sp³-hybridized carbons (Fsp3) is 0.909. The van der Waals surface area contributed by atoms with Crippen molar-refractivity contribution in [3.05, 3.63) is 0 Å². The number of nitrogens with zero attached hydrogens (tertiary/aromatic N) is 1. The molecule has 76 valence electrons. The SMILES string of the molecule is CCC(C)(C)[C@@H]1CCC(=O)N(C)C1. The quantitative estimate of drug-likeness (QED) is 0.643. The topological polar surface area (TPSA) is 20.3 Å². The Kier molecular flexibility index (Phi) is 2.99. The Morgan fingerprint density at radius 3 is 2.62 bits per heavy atom. The molecule has 1 atom stereocenters. The van der Waals surface area contributed by atoms with Crippen LogP contribution in [0.3, 0.4) is 0 Å². The second-order valence-electron chi connectivity index (χ2n) is 4.85. The van der Waals surface area contributed by atoms with Crippen LogP contribution in [0.15, 0.2) is 0 Å². The normalized spacial score (nSPS) is 25.1. The molecule has 0 bridgehead atoms. The van der Waals surface area contributed by atoms with Crippen molar-refractivity contribution in [2.75, 3.05) is 13.6 Å². The van der Waals surface area contributed by atoms with E-state index in [2.05, 4.69) is 20.8 Å². The van der Waals surface area contributed by atoms with E-state index in [1.54, 1.807) is 0 Å². The standard InChI is InChI=1S/C11H21NO/c1-5-11(2,3)9-6-7-10(13)12(4)8-9/h9H,5-8H2,1-4H3/t9-/m1/s1. The van der Waals surface area contributed by atoms with Crippen LogP contribution in [0.2, 0.25) is 0 Å². The van der Waals surface area contributed by atoms with Crippen molar-refractivity contribution in [3.8, 4) is 0 Å². The first-order chi connectivity index (χ1) is 5.97. The van der Waals surface area contributed by atoms with Crippen LogP contribution in [0.4, 0.5) is 0 Å². The molecule has 0 unspecified atom stereocenters. The Bertz CT molecular complexity index is 198. The van der Waals surface area contributed by atoms with E-state index in [0.29, 0.717) is 17.2 Å². The summed E-state index contributed by atoms with van der Waals surface area (Å²) in [6.07, 6.45) is 3.01. The highest BCUT2D eigenvalue weighted by Gasteiger charge is 2.33. The van der Waals surface area contributed by atoms with Gasteiger partial charge in [0.25, 0.3) is 0 Å². The van der Waals surface area contributed by atoms with Crippen molar-refractivity contribution in [2.24, 2.45) is 11.3 Å². The van der Waals surface area contributed by atoms with Gasteiger partial charge in [-0.05, 0) is 17.8 Å². The van der Waals surface area contributed by atoms with Gasteiger partial charge in [0.2, 0.25) is 5.91 Å². The second kappa shape index (κ2) is 3.69. The van der Waals surface area contributed by atoms with Gasteiger partial charge in [-0.2, -0.15) is 0 Å². The molecule has 0 aromatic rings. The third kappa shape index (κ3) is 2.23. The molecule has 0 N–H and O–H groups in total. The minimum Gasteiger partial charge on any atom is -0.345 e. The molecule has 1 fully saturated rings. The van der Waals surface area contributed by atoms with E-state index in [1.165, 1.54) is 6.42 Å². The highest BCUT2D eigenvalue weighted by molar-refractivity contribution is 5.76. The molecule has 1 saturated heterocycles. The minimum atomic E-state index is 0.308. The maximum absolute atomic E-state index is 11.3. The summed E-state index contributed by atoms with van der Waals surface area (Å²) in [5.74, 6) is 0.989. The van der Waals surface area contributed by atoms with Crippen LogP contribution in [0.5, 0.6) is 0 Å². The molecule has 1 aliphatic rings. The number of carbonyl (C=O) groups excluding carboxylic acids is 1. The fourth-order valence-corrected chi connectivity index (χ4v) is 1.94. The molecule has 1 heterocycles. The number of likely N-dealkylation sites (tertiary alicyclic amines) is 1. The van der Waals surface area contributed by atoms with E-state index < -0.39 is 0 Å². The summed E-state index contributed by atoms with van der Waals surface area (Å²) in [5, 5.41) is 0. The molecular formula is C11H21NO.